The molecule has 0 amide bonds. The monoisotopic (exact) mass is 274 g/mol. The number of nitrogens with zero attached hydrogens (tertiary/aromatic N) is 2. The van der Waals surface area contributed by atoms with Crippen molar-refractivity contribution >= 4 is 22.7 Å². The van der Waals surface area contributed by atoms with Crippen LogP contribution in [0.5, 0.6) is 0 Å². The second kappa shape index (κ2) is 4.56. The summed E-state index contributed by atoms with van der Waals surface area (Å²) in [6.07, 6.45) is 0. The molecule has 0 spiro atoms. The average Bonchev–Trinajstić information content (AvgIpc) is 2.76. The molecule has 0 radical (unpaired) electrons. The van der Waals surface area contributed by atoms with E-state index in [1.54, 1.807) is 10.4 Å². The van der Waals surface area contributed by atoms with E-state index in [0.717, 1.165) is 11.3 Å². The standard InChI is InChI=1S/C13H10N2O3S/c16-15(17)12-6-7-13-10(8-12)9-14(19(13)18)11-4-2-1-3-5-11/h1-8H,9H2. The zero-order valence-electron chi connectivity index (χ0n) is 9.85. The van der Waals surface area contributed by atoms with Crippen LogP contribution in [0, 0.1) is 10.1 Å². The van der Waals surface area contributed by atoms with Crippen molar-refractivity contribution in [2.24, 2.45) is 0 Å². The molecule has 19 heavy (non-hydrogen) atoms. The van der Waals surface area contributed by atoms with Crippen LogP contribution < -0.4 is 4.31 Å². The van der Waals surface area contributed by atoms with E-state index < -0.39 is 16.3 Å². The van der Waals surface area contributed by atoms with Gasteiger partial charge in [-0.1, -0.05) is 18.2 Å². The number of benzene rings is 2. The number of nitro benzene ring substituents is 1. The summed E-state index contributed by atoms with van der Waals surface area (Å²) in [7, 11) is 0. The lowest BCUT2D eigenvalue weighted by Gasteiger charge is -2.18. The van der Waals surface area contributed by atoms with E-state index in [1.807, 2.05) is 30.3 Å². The van der Waals surface area contributed by atoms with Crippen LogP contribution in [-0.2, 0) is 17.9 Å². The van der Waals surface area contributed by atoms with Crippen LogP contribution in [0.1, 0.15) is 5.56 Å². The molecule has 0 saturated carbocycles. The van der Waals surface area contributed by atoms with Crippen LogP contribution in [0.25, 0.3) is 0 Å². The SMILES string of the molecule is O=[N+]([O-])c1ccc2c(c1)CN(c1ccccc1)[S+]2[O-]. The summed E-state index contributed by atoms with van der Waals surface area (Å²) in [5.74, 6) is 0. The zero-order chi connectivity index (χ0) is 13.4. The molecule has 0 aromatic heterocycles. The molecule has 1 aliphatic rings. The van der Waals surface area contributed by atoms with Crippen molar-refractivity contribution in [3.63, 3.8) is 0 Å². The fourth-order valence-corrected chi connectivity index (χ4v) is 3.43. The number of hydrogen-bond donors (Lipinski definition) is 0. The van der Waals surface area contributed by atoms with Crippen LogP contribution in [0.15, 0.2) is 53.4 Å². The van der Waals surface area contributed by atoms with Crippen molar-refractivity contribution in [3.8, 4) is 0 Å². The van der Waals surface area contributed by atoms with Crippen molar-refractivity contribution in [1.82, 2.24) is 0 Å². The van der Waals surface area contributed by atoms with Crippen LogP contribution in [0.3, 0.4) is 0 Å². The summed E-state index contributed by atoms with van der Waals surface area (Å²) < 4.78 is 14.1. The van der Waals surface area contributed by atoms with Gasteiger partial charge < -0.3 is 4.55 Å². The minimum atomic E-state index is -1.30. The number of fused-ring (bicyclic) bond motifs is 1. The molecular weight excluding hydrogens is 264 g/mol. The van der Waals surface area contributed by atoms with Crippen LogP contribution >= 0.6 is 0 Å². The number of hydrogen-bond acceptors (Lipinski definition) is 4. The van der Waals surface area contributed by atoms with Crippen LogP contribution in [-0.4, -0.2) is 9.48 Å². The van der Waals surface area contributed by atoms with E-state index >= 15 is 0 Å². The third kappa shape index (κ3) is 2.05. The number of non-ortho nitro benzene ring substituents is 1. The van der Waals surface area contributed by atoms with E-state index in [-0.39, 0.29) is 5.69 Å². The number of para-hydroxylation sites is 1. The van der Waals surface area contributed by atoms with Crippen molar-refractivity contribution in [1.29, 1.82) is 0 Å². The van der Waals surface area contributed by atoms with E-state index in [9.17, 15) is 14.7 Å². The van der Waals surface area contributed by atoms with Gasteiger partial charge in [-0.05, 0) is 12.1 Å². The number of nitro groups is 1. The van der Waals surface area contributed by atoms with E-state index in [2.05, 4.69) is 0 Å². The lowest BCUT2D eigenvalue weighted by Crippen LogP contribution is -2.23. The summed E-state index contributed by atoms with van der Waals surface area (Å²) in [4.78, 5) is 11.0. The summed E-state index contributed by atoms with van der Waals surface area (Å²) in [6.45, 7) is 0.424. The van der Waals surface area contributed by atoms with Gasteiger partial charge in [0, 0.05) is 23.8 Å². The average molecular weight is 274 g/mol. The van der Waals surface area contributed by atoms with Gasteiger partial charge in [0.1, 0.15) is 11.4 Å². The van der Waals surface area contributed by atoms with Crippen molar-refractivity contribution in [2.45, 2.75) is 11.4 Å². The Hall–Kier alpha value is -2.05. The molecular formula is C13H10N2O3S. The van der Waals surface area contributed by atoms with Crippen molar-refractivity contribution in [3.05, 3.63) is 64.2 Å². The van der Waals surface area contributed by atoms with E-state index in [4.69, 9.17) is 0 Å². The molecule has 6 heteroatoms. The van der Waals surface area contributed by atoms with Gasteiger partial charge in [0.15, 0.2) is 4.90 Å². The second-order valence-electron chi connectivity index (χ2n) is 4.17. The Morgan fingerprint density at radius 1 is 1.16 bits per heavy atom. The highest BCUT2D eigenvalue weighted by Crippen LogP contribution is 2.35. The first-order valence-corrected chi connectivity index (χ1v) is 6.79. The summed E-state index contributed by atoms with van der Waals surface area (Å²) in [5.41, 5.74) is 1.63. The molecule has 1 aliphatic heterocycles. The molecule has 0 aliphatic carbocycles. The topological polar surface area (TPSA) is 69.4 Å². The van der Waals surface area contributed by atoms with Crippen LogP contribution in [0.4, 0.5) is 11.4 Å². The number of anilines is 1. The maximum atomic E-state index is 12.3. The highest BCUT2D eigenvalue weighted by Gasteiger charge is 2.35. The first kappa shape index (κ1) is 12.0. The van der Waals surface area contributed by atoms with Gasteiger partial charge in [0.05, 0.1) is 17.2 Å². The third-order valence-corrected chi connectivity index (χ3v) is 4.52. The maximum Gasteiger partial charge on any atom is 0.270 e. The minimum Gasteiger partial charge on any atom is -0.588 e. The fourth-order valence-electron chi connectivity index (χ4n) is 2.09. The van der Waals surface area contributed by atoms with Crippen molar-refractivity contribution < 1.29 is 9.48 Å². The molecule has 0 N–H and O–H groups in total. The molecule has 5 nitrogen and oxygen atoms in total. The molecule has 3 rings (SSSR count). The molecule has 0 bridgehead atoms. The van der Waals surface area contributed by atoms with Gasteiger partial charge in [0.25, 0.3) is 5.69 Å². The predicted octanol–water partition coefficient (Wildman–Crippen LogP) is 2.64. The third-order valence-electron chi connectivity index (χ3n) is 3.00. The van der Waals surface area contributed by atoms with Gasteiger partial charge in [-0.25, -0.2) is 0 Å². The summed E-state index contributed by atoms with van der Waals surface area (Å²) in [6, 6.07) is 13.8. The molecule has 2 aromatic carbocycles. The lowest BCUT2D eigenvalue weighted by molar-refractivity contribution is -0.385. The summed E-state index contributed by atoms with van der Waals surface area (Å²) in [5, 5.41) is 10.7. The molecule has 96 valence electrons. The molecule has 2 aromatic rings. The lowest BCUT2D eigenvalue weighted by atomic mass is 10.2. The normalized spacial score (nSPS) is 17.3. The van der Waals surface area contributed by atoms with Gasteiger partial charge in [-0.15, -0.1) is 0 Å². The zero-order valence-corrected chi connectivity index (χ0v) is 10.7. The highest BCUT2D eigenvalue weighted by atomic mass is 32.2. The second-order valence-corrected chi connectivity index (χ2v) is 5.55. The van der Waals surface area contributed by atoms with E-state index in [1.165, 1.54) is 12.1 Å². The van der Waals surface area contributed by atoms with Gasteiger partial charge in [-0.2, -0.15) is 4.31 Å². The molecule has 1 heterocycles. The van der Waals surface area contributed by atoms with Crippen LogP contribution in [0.2, 0.25) is 0 Å². The Kier molecular flexibility index (Phi) is 2.88. The Morgan fingerprint density at radius 2 is 1.89 bits per heavy atom. The Balaban J connectivity index is 1.97. The van der Waals surface area contributed by atoms with E-state index in [0.29, 0.717) is 11.4 Å². The molecule has 0 fully saturated rings. The Bertz CT molecular complexity index is 633. The van der Waals surface area contributed by atoms with Gasteiger partial charge in [-0.3, -0.25) is 10.1 Å². The Labute approximate surface area is 112 Å². The smallest absolute Gasteiger partial charge is 0.270 e. The first-order chi connectivity index (χ1) is 9.16. The largest absolute Gasteiger partial charge is 0.588 e. The highest BCUT2D eigenvalue weighted by molar-refractivity contribution is 7.93. The number of rotatable bonds is 2. The quantitative estimate of drug-likeness (QED) is 0.479. The molecule has 0 saturated heterocycles. The first-order valence-electron chi connectivity index (χ1n) is 5.68. The van der Waals surface area contributed by atoms with Crippen molar-refractivity contribution in [2.75, 3.05) is 4.31 Å². The van der Waals surface area contributed by atoms with Gasteiger partial charge >= 0.3 is 0 Å². The summed E-state index contributed by atoms with van der Waals surface area (Å²) >= 11 is -1.30. The predicted molar refractivity (Wildman–Crippen MR) is 72.1 cm³/mol. The Morgan fingerprint density at radius 3 is 2.58 bits per heavy atom. The minimum absolute atomic E-state index is 0.0330. The van der Waals surface area contributed by atoms with Gasteiger partial charge in [0.2, 0.25) is 0 Å². The maximum absolute atomic E-state index is 12.3. The fraction of sp³-hybridized carbons (Fsp3) is 0.0769. The molecule has 1 unspecified atom stereocenters. The molecule has 1 atom stereocenters.